The summed E-state index contributed by atoms with van der Waals surface area (Å²) in [5.74, 6) is 0.488. The number of rotatable bonds is 4. The fourth-order valence-corrected chi connectivity index (χ4v) is 1.32. The van der Waals surface area contributed by atoms with E-state index in [2.05, 4.69) is 19.6 Å². The molecule has 0 aromatic heterocycles. The lowest BCUT2D eigenvalue weighted by atomic mass is 10.0. The van der Waals surface area contributed by atoms with E-state index in [0.717, 1.165) is 11.1 Å². The maximum atomic E-state index is 8.99. The van der Waals surface area contributed by atoms with Crippen molar-refractivity contribution in [3.05, 3.63) is 47.7 Å². The van der Waals surface area contributed by atoms with Gasteiger partial charge < -0.3 is 5.11 Å². The average Bonchev–Trinajstić information content (AvgIpc) is 2.25. The maximum absolute atomic E-state index is 8.99. The minimum atomic E-state index is 0.170. The molecule has 0 fully saturated rings. The molecule has 15 heavy (non-hydrogen) atoms. The maximum Gasteiger partial charge on any atom is 0.0477 e. The number of hydrogen-bond donors (Lipinski definition) is 1. The highest BCUT2D eigenvalue weighted by atomic mass is 16.2. The van der Waals surface area contributed by atoms with Gasteiger partial charge in [0.2, 0.25) is 0 Å². The van der Waals surface area contributed by atoms with E-state index in [-0.39, 0.29) is 6.61 Å². The third-order valence-electron chi connectivity index (χ3n) is 2.07. The predicted molar refractivity (Wildman–Crippen MR) is 64.5 cm³/mol. The molecule has 80 valence electrons. The van der Waals surface area contributed by atoms with Crippen LogP contribution in [0.25, 0.3) is 5.57 Å². The van der Waals surface area contributed by atoms with Gasteiger partial charge in [0.15, 0.2) is 0 Å². The van der Waals surface area contributed by atoms with Gasteiger partial charge in [-0.1, -0.05) is 44.2 Å². The van der Waals surface area contributed by atoms with Crippen LogP contribution in [0.5, 0.6) is 0 Å². The Morgan fingerprint density at radius 3 is 2.53 bits per heavy atom. The molecular weight excluding hydrogens is 184 g/mol. The van der Waals surface area contributed by atoms with E-state index in [1.807, 2.05) is 36.4 Å². The number of aliphatic hydroxyl groups is 1. The van der Waals surface area contributed by atoms with Crippen LogP contribution in [0.2, 0.25) is 0 Å². The minimum Gasteiger partial charge on any atom is -0.396 e. The summed E-state index contributed by atoms with van der Waals surface area (Å²) in [6.45, 7) is 4.41. The van der Waals surface area contributed by atoms with Crippen LogP contribution in [-0.4, -0.2) is 11.7 Å². The largest absolute Gasteiger partial charge is 0.396 e. The molecule has 1 heteroatoms. The molecule has 1 aromatic rings. The highest BCUT2D eigenvalue weighted by Gasteiger charge is 1.98. The number of benzene rings is 1. The Labute approximate surface area is 91.8 Å². The molecule has 0 amide bonds. The predicted octanol–water partition coefficient (Wildman–Crippen LogP) is 3.26. The van der Waals surface area contributed by atoms with E-state index in [4.69, 9.17) is 5.11 Å². The minimum absolute atomic E-state index is 0.170. The van der Waals surface area contributed by atoms with Crippen LogP contribution in [0.4, 0.5) is 0 Å². The Bertz CT molecular complexity index is 343. The van der Waals surface area contributed by atoms with Gasteiger partial charge in [0.25, 0.3) is 0 Å². The summed E-state index contributed by atoms with van der Waals surface area (Å²) in [6.07, 6.45) is 2.70. The van der Waals surface area contributed by atoms with Crippen molar-refractivity contribution in [1.82, 2.24) is 0 Å². The van der Waals surface area contributed by atoms with E-state index in [1.54, 1.807) is 0 Å². The molecule has 0 atom stereocenters. The van der Waals surface area contributed by atoms with Gasteiger partial charge in [0, 0.05) is 18.6 Å². The van der Waals surface area contributed by atoms with Crippen molar-refractivity contribution in [2.45, 2.75) is 20.3 Å². The summed E-state index contributed by atoms with van der Waals surface area (Å²) in [5.41, 5.74) is 5.49. The molecule has 0 saturated heterocycles. The molecule has 0 radical (unpaired) electrons. The Morgan fingerprint density at radius 2 is 2.00 bits per heavy atom. The zero-order valence-electron chi connectivity index (χ0n) is 9.40. The van der Waals surface area contributed by atoms with Crippen LogP contribution in [0.3, 0.4) is 0 Å². The second-order valence-electron chi connectivity index (χ2n) is 3.87. The molecule has 0 bridgehead atoms. The molecule has 0 aliphatic carbocycles. The summed E-state index contributed by atoms with van der Waals surface area (Å²) in [7, 11) is 0. The summed E-state index contributed by atoms with van der Waals surface area (Å²) < 4.78 is 0. The smallest absolute Gasteiger partial charge is 0.0477 e. The van der Waals surface area contributed by atoms with Crippen molar-refractivity contribution in [2.24, 2.45) is 5.92 Å². The zero-order chi connectivity index (χ0) is 11.1. The van der Waals surface area contributed by atoms with Gasteiger partial charge >= 0.3 is 0 Å². The summed E-state index contributed by atoms with van der Waals surface area (Å²) >= 11 is 0. The molecule has 1 N–H and O–H groups in total. The van der Waals surface area contributed by atoms with E-state index < -0.39 is 0 Å². The third-order valence-corrected chi connectivity index (χ3v) is 2.07. The molecule has 0 saturated carbocycles. The van der Waals surface area contributed by atoms with Crippen molar-refractivity contribution < 1.29 is 5.11 Å². The monoisotopic (exact) mass is 202 g/mol. The van der Waals surface area contributed by atoms with Gasteiger partial charge in [-0.3, -0.25) is 0 Å². The first-order valence-corrected chi connectivity index (χ1v) is 5.36. The lowest BCUT2D eigenvalue weighted by molar-refractivity contribution is 0.305. The first-order valence-electron chi connectivity index (χ1n) is 5.36. The van der Waals surface area contributed by atoms with Gasteiger partial charge in [0.05, 0.1) is 0 Å². The molecule has 0 heterocycles. The normalized spacial score (nSPS) is 9.87. The molecular formula is C14H18O. The molecule has 0 spiro atoms. The Kier molecular flexibility index (Phi) is 4.89. The van der Waals surface area contributed by atoms with Crippen molar-refractivity contribution in [1.29, 1.82) is 0 Å². The highest BCUT2D eigenvalue weighted by molar-refractivity contribution is 5.64. The van der Waals surface area contributed by atoms with E-state index >= 15 is 0 Å². The van der Waals surface area contributed by atoms with Crippen molar-refractivity contribution in [2.75, 3.05) is 6.61 Å². The zero-order valence-corrected chi connectivity index (χ0v) is 9.40. The van der Waals surface area contributed by atoms with E-state index in [0.29, 0.717) is 12.3 Å². The Morgan fingerprint density at radius 1 is 1.33 bits per heavy atom. The highest BCUT2D eigenvalue weighted by Crippen LogP contribution is 2.16. The van der Waals surface area contributed by atoms with Crippen LogP contribution < -0.4 is 0 Å². The SMILES string of the molecule is CC(C)C=C=C(CCO)c1ccccc1. The van der Waals surface area contributed by atoms with Gasteiger partial charge in [-0.25, -0.2) is 0 Å². The average molecular weight is 202 g/mol. The van der Waals surface area contributed by atoms with Crippen LogP contribution >= 0.6 is 0 Å². The first-order chi connectivity index (χ1) is 7.24. The molecule has 1 rings (SSSR count). The fourth-order valence-electron chi connectivity index (χ4n) is 1.32. The van der Waals surface area contributed by atoms with Crippen molar-refractivity contribution >= 4 is 5.57 Å². The topological polar surface area (TPSA) is 20.2 Å². The number of aliphatic hydroxyl groups excluding tert-OH is 1. The van der Waals surface area contributed by atoms with Crippen LogP contribution in [0, 0.1) is 5.92 Å². The first kappa shape index (κ1) is 11.8. The van der Waals surface area contributed by atoms with Crippen LogP contribution in [0.1, 0.15) is 25.8 Å². The van der Waals surface area contributed by atoms with Crippen LogP contribution in [-0.2, 0) is 0 Å². The van der Waals surface area contributed by atoms with Gasteiger partial charge in [-0.15, -0.1) is 5.73 Å². The second-order valence-corrected chi connectivity index (χ2v) is 3.87. The second kappa shape index (κ2) is 6.23. The molecule has 1 nitrogen and oxygen atoms in total. The van der Waals surface area contributed by atoms with Crippen LogP contribution in [0.15, 0.2) is 42.1 Å². The molecule has 0 aliphatic rings. The number of hydrogen-bond acceptors (Lipinski definition) is 1. The lowest BCUT2D eigenvalue weighted by Gasteiger charge is -2.02. The summed E-state index contributed by atoms with van der Waals surface area (Å²) in [4.78, 5) is 0. The van der Waals surface area contributed by atoms with Gasteiger partial charge in [-0.2, -0.15) is 0 Å². The standard InChI is InChI=1S/C14H18O/c1-12(2)8-9-14(10-11-15)13-6-4-3-5-7-13/h3-8,12,15H,10-11H2,1-2H3. The Balaban J connectivity index is 2.98. The lowest BCUT2D eigenvalue weighted by Crippen LogP contribution is -1.88. The Hall–Kier alpha value is -1.30. The quantitative estimate of drug-likeness (QED) is 0.743. The molecule has 0 aliphatic heterocycles. The fraction of sp³-hybridized carbons (Fsp3) is 0.357. The van der Waals surface area contributed by atoms with E-state index in [9.17, 15) is 0 Å². The van der Waals surface area contributed by atoms with Gasteiger partial charge in [-0.05, 0) is 17.6 Å². The van der Waals surface area contributed by atoms with Gasteiger partial charge in [0.1, 0.15) is 0 Å². The van der Waals surface area contributed by atoms with E-state index in [1.165, 1.54) is 0 Å². The van der Waals surface area contributed by atoms with Crippen molar-refractivity contribution in [3.63, 3.8) is 0 Å². The summed E-state index contributed by atoms with van der Waals surface area (Å²) in [5, 5.41) is 8.99. The summed E-state index contributed by atoms with van der Waals surface area (Å²) in [6, 6.07) is 10.1. The molecule has 1 aromatic carbocycles. The van der Waals surface area contributed by atoms with Crippen molar-refractivity contribution in [3.8, 4) is 0 Å². The third kappa shape index (κ3) is 4.16. The molecule has 0 unspecified atom stereocenters.